The maximum Gasteiger partial charge on any atom is 0.227 e. The molecule has 0 aromatic heterocycles. The number of anilines is 2. The molecule has 25 heavy (non-hydrogen) atoms. The van der Waals surface area contributed by atoms with Crippen molar-refractivity contribution in [3.05, 3.63) is 23.8 Å². The van der Waals surface area contributed by atoms with Gasteiger partial charge in [-0.25, -0.2) is 8.42 Å². The zero-order valence-electron chi connectivity index (χ0n) is 15.7. The van der Waals surface area contributed by atoms with Crippen LogP contribution in [-0.4, -0.2) is 45.0 Å². The number of benzene rings is 1. The molecule has 1 aliphatic carbocycles. The van der Waals surface area contributed by atoms with E-state index in [0.29, 0.717) is 0 Å². The molecule has 1 aliphatic rings. The number of nitrogens with zero attached hydrogens (tertiary/aromatic N) is 2. The van der Waals surface area contributed by atoms with Crippen LogP contribution in [0.1, 0.15) is 38.7 Å². The Balaban J connectivity index is 2.32. The quantitative estimate of drug-likeness (QED) is 0.767. The minimum absolute atomic E-state index is 0.0467. The predicted octanol–water partition coefficient (Wildman–Crippen LogP) is 2.66. The molecule has 0 spiro atoms. The molecule has 6 nitrogen and oxygen atoms in total. The van der Waals surface area contributed by atoms with Crippen molar-refractivity contribution in [3.63, 3.8) is 0 Å². The van der Waals surface area contributed by atoms with Crippen LogP contribution in [-0.2, 0) is 21.4 Å². The molecule has 0 heterocycles. The lowest BCUT2D eigenvalue weighted by atomic mass is 10.1. The maximum atomic E-state index is 12.2. The van der Waals surface area contributed by atoms with Gasteiger partial charge in [0, 0.05) is 44.0 Å². The highest BCUT2D eigenvalue weighted by molar-refractivity contribution is 7.88. The van der Waals surface area contributed by atoms with E-state index in [1.807, 2.05) is 51.0 Å². The van der Waals surface area contributed by atoms with Gasteiger partial charge in [-0.05, 0) is 49.9 Å². The summed E-state index contributed by atoms with van der Waals surface area (Å²) < 4.78 is 26.0. The molecule has 1 atom stereocenters. The Hall–Kier alpha value is -1.60. The molecule has 1 amide bonds. The highest BCUT2D eigenvalue weighted by Crippen LogP contribution is 2.31. The average molecular weight is 368 g/mol. The minimum Gasteiger partial charge on any atom is -0.377 e. The molecule has 0 aliphatic heterocycles. The summed E-state index contributed by atoms with van der Waals surface area (Å²) in [4.78, 5) is 14.0. The lowest BCUT2D eigenvalue weighted by Gasteiger charge is -2.28. The van der Waals surface area contributed by atoms with Crippen LogP contribution in [0.15, 0.2) is 18.2 Å². The predicted molar refractivity (Wildman–Crippen MR) is 102 cm³/mol. The minimum atomic E-state index is -3.33. The Morgan fingerprint density at radius 3 is 2.44 bits per heavy atom. The summed E-state index contributed by atoms with van der Waals surface area (Å²) in [6, 6.07) is 5.59. The summed E-state index contributed by atoms with van der Waals surface area (Å²) in [6.07, 6.45) is 3.88. The van der Waals surface area contributed by atoms with Crippen LogP contribution in [0, 0.1) is 5.92 Å². The number of carbonyl (C=O) groups is 1. The zero-order valence-corrected chi connectivity index (χ0v) is 16.6. The van der Waals surface area contributed by atoms with E-state index >= 15 is 0 Å². The monoisotopic (exact) mass is 367 g/mol. The van der Waals surface area contributed by atoms with E-state index in [1.54, 1.807) is 0 Å². The smallest absolute Gasteiger partial charge is 0.227 e. The van der Waals surface area contributed by atoms with Gasteiger partial charge in [0.25, 0.3) is 0 Å². The fourth-order valence-electron chi connectivity index (χ4n) is 2.79. The summed E-state index contributed by atoms with van der Waals surface area (Å²) in [5.74, 6) is 0.176. The van der Waals surface area contributed by atoms with Crippen molar-refractivity contribution in [2.45, 2.75) is 45.7 Å². The van der Waals surface area contributed by atoms with Gasteiger partial charge in [-0.15, -0.1) is 0 Å². The van der Waals surface area contributed by atoms with Crippen LogP contribution >= 0.6 is 0 Å². The summed E-state index contributed by atoms with van der Waals surface area (Å²) in [7, 11) is 0.523. The number of rotatable bonds is 8. The fraction of sp³-hybridized carbons (Fsp3) is 0.611. The third-order valence-corrected chi connectivity index (χ3v) is 5.95. The molecular weight excluding hydrogens is 338 g/mol. The maximum absolute atomic E-state index is 12.2. The number of carbonyl (C=O) groups excluding carboxylic acids is 1. The molecule has 7 heteroatoms. The van der Waals surface area contributed by atoms with Gasteiger partial charge in [0.15, 0.2) is 0 Å². The molecule has 1 unspecified atom stereocenters. The van der Waals surface area contributed by atoms with Crippen molar-refractivity contribution in [1.82, 2.24) is 4.31 Å². The second-order valence-electron chi connectivity index (χ2n) is 7.07. The SMILES string of the molecule is CCC(C)N(Cc1cc(NC(=O)C2CC2)ccc1N(C)C)S(C)(=O)=O. The standard InChI is InChI=1S/C18H29N3O3S/c1-6-13(2)21(25(5,23)24)12-15-11-16(9-10-17(15)20(3)4)19-18(22)14-7-8-14/h9-11,13-14H,6-8,12H2,1-5H3,(H,19,22). The van der Waals surface area contributed by atoms with Gasteiger partial charge >= 0.3 is 0 Å². The fourth-order valence-corrected chi connectivity index (χ4v) is 3.96. The third-order valence-electron chi connectivity index (χ3n) is 4.61. The number of sulfonamides is 1. The molecule has 140 valence electrons. The molecule has 0 radical (unpaired) electrons. The van der Waals surface area contributed by atoms with Gasteiger partial charge in [0.05, 0.1) is 6.26 Å². The average Bonchev–Trinajstić information content (AvgIpc) is 3.35. The van der Waals surface area contributed by atoms with Crippen LogP contribution in [0.25, 0.3) is 0 Å². The zero-order chi connectivity index (χ0) is 18.8. The van der Waals surface area contributed by atoms with E-state index in [-0.39, 0.29) is 24.4 Å². The van der Waals surface area contributed by atoms with E-state index < -0.39 is 10.0 Å². The molecule has 2 rings (SSSR count). The van der Waals surface area contributed by atoms with Crippen LogP contribution in [0.3, 0.4) is 0 Å². The summed E-state index contributed by atoms with van der Waals surface area (Å²) in [5.41, 5.74) is 2.54. The molecule has 1 fully saturated rings. The first-order valence-electron chi connectivity index (χ1n) is 8.71. The second kappa shape index (κ2) is 7.74. The molecule has 1 aromatic carbocycles. The highest BCUT2D eigenvalue weighted by Gasteiger charge is 2.30. The molecule has 1 aromatic rings. The van der Waals surface area contributed by atoms with Gasteiger partial charge < -0.3 is 10.2 Å². The summed E-state index contributed by atoms with van der Waals surface area (Å²) in [6.45, 7) is 4.17. The molecule has 1 saturated carbocycles. The van der Waals surface area contributed by atoms with Crippen molar-refractivity contribution in [1.29, 1.82) is 0 Å². The number of nitrogens with one attached hydrogen (secondary N) is 1. The first-order chi connectivity index (χ1) is 11.6. The van der Waals surface area contributed by atoms with Crippen LogP contribution in [0.2, 0.25) is 0 Å². The number of hydrogen-bond donors (Lipinski definition) is 1. The van der Waals surface area contributed by atoms with E-state index in [1.165, 1.54) is 10.6 Å². The lowest BCUT2D eigenvalue weighted by Crippen LogP contribution is -2.37. The van der Waals surface area contributed by atoms with Gasteiger partial charge in [-0.3, -0.25) is 4.79 Å². The molecular formula is C18H29N3O3S. The lowest BCUT2D eigenvalue weighted by molar-refractivity contribution is -0.117. The molecule has 0 bridgehead atoms. The Morgan fingerprint density at radius 2 is 1.96 bits per heavy atom. The highest BCUT2D eigenvalue weighted by atomic mass is 32.2. The Kier molecular flexibility index (Phi) is 6.11. The first-order valence-corrected chi connectivity index (χ1v) is 10.6. The Labute approximate surface area is 151 Å². The van der Waals surface area contributed by atoms with Crippen molar-refractivity contribution >= 4 is 27.3 Å². The van der Waals surface area contributed by atoms with Crippen LogP contribution in [0.5, 0.6) is 0 Å². The second-order valence-corrected chi connectivity index (χ2v) is 9.00. The van der Waals surface area contributed by atoms with Gasteiger partial charge in [0.2, 0.25) is 15.9 Å². The summed E-state index contributed by atoms with van der Waals surface area (Å²) >= 11 is 0. The van der Waals surface area contributed by atoms with Gasteiger partial charge in [-0.2, -0.15) is 4.31 Å². The summed E-state index contributed by atoms with van der Waals surface area (Å²) in [5, 5.41) is 2.94. The Bertz CT molecular complexity index is 727. The van der Waals surface area contributed by atoms with Crippen molar-refractivity contribution in [3.8, 4) is 0 Å². The van der Waals surface area contributed by atoms with Gasteiger partial charge in [0.1, 0.15) is 0 Å². The van der Waals surface area contributed by atoms with E-state index in [0.717, 1.165) is 36.2 Å². The number of amides is 1. The van der Waals surface area contributed by atoms with Crippen LogP contribution < -0.4 is 10.2 Å². The first kappa shape index (κ1) is 19.7. The third kappa shape index (κ3) is 5.19. The van der Waals surface area contributed by atoms with Gasteiger partial charge in [-0.1, -0.05) is 6.92 Å². The number of hydrogen-bond acceptors (Lipinski definition) is 4. The van der Waals surface area contributed by atoms with Crippen LogP contribution in [0.4, 0.5) is 11.4 Å². The van der Waals surface area contributed by atoms with Crippen molar-refractivity contribution in [2.24, 2.45) is 5.92 Å². The van der Waals surface area contributed by atoms with Crippen molar-refractivity contribution in [2.75, 3.05) is 30.6 Å². The molecule has 1 N–H and O–H groups in total. The van der Waals surface area contributed by atoms with Crippen molar-refractivity contribution < 1.29 is 13.2 Å². The topological polar surface area (TPSA) is 69.7 Å². The normalized spacial score (nSPS) is 15.9. The van der Waals surface area contributed by atoms with E-state index in [2.05, 4.69) is 5.32 Å². The largest absolute Gasteiger partial charge is 0.377 e. The van der Waals surface area contributed by atoms with E-state index in [4.69, 9.17) is 0 Å². The van der Waals surface area contributed by atoms with E-state index in [9.17, 15) is 13.2 Å². The molecule has 0 saturated heterocycles. The Morgan fingerprint density at radius 1 is 1.32 bits per heavy atom.